The minimum atomic E-state index is -3.59. The molecule has 124 valence electrons. The Morgan fingerprint density at radius 1 is 1.04 bits per heavy atom. The fraction of sp³-hybridized carbons (Fsp3) is 0.167. The van der Waals surface area contributed by atoms with Gasteiger partial charge in [-0.05, 0) is 53.6 Å². The van der Waals surface area contributed by atoms with E-state index < -0.39 is 10.0 Å². The monoisotopic (exact) mass is 358 g/mol. The minimum Gasteiger partial charge on any atom is -0.260 e. The van der Waals surface area contributed by atoms with Crippen LogP contribution in [0.4, 0.5) is 0 Å². The third-order valence-corrected chi connectivity index (χ3v) is 6.20. The second kappa shape index (κ2) is 7.25. The van der Waals surface area contributed by atoms with E-state index in [4.69, 9.17) is 0 Å². The van der Waals surface area contributed by atoms with Crippen molar-refractivity contribution >= 4 is 21.4 Å². The molecule has 24 heavy (non-hydrogen) atoms. The molecule has 4 nitrogen and oxygen atoms in total. The van der Waals surface area contributed by atoms with Gasteiger partial charge < -0.3 is 0 Å². The second-order valence-electron chi connectivity index (χ2n) is 5.54. The summed E-state index contributed by atoms with van der Waals surface area (Å²) in [4.78, 5) is 4.57. The highest BCUT2D eigenvalue weighted by Gasteiger charge is 2.25. The average molecular weight is 358 g/mol. The van der Waals surface area contributed by atoms with Crippen LogP contribution in [-0.2, 0) is 23.1 Å². The Morgan fingerprint density at radius 3 is 2.46 bits per heavy atom. The normalized spacial score (nSPS) is 11.8. The number of pyridine rings is 1. The summed E-state index contributed by atoms with van der Waals surface area (Å²) in [5.41, 5.74) is 2.73. The molecular formula is C18H18N2O2S2. The predicted molar refractivity (Wildman–Crippen MR) is 96.2 cm³/mol. The molecule has 0 saturated heterocycles. The maximum Gasteiger partial charge on any atom is 0.243 e. The number of aromatic nitrogens is 1. The zero-order valence-electron chi connectivity index (χ0n) is 13.3. The molecule has 0 N–H and O–H groups in total. The van der Waals surface area contributed by atoms with E-state index in [1.807, 2.05) is 54.1 Å². The largest absolute Gasteiger partial charge is 0.260 e. The van der Waals surface area contributed by atoms with Crippen LogP contribution in [0.25, 0.3) is 0 Å². The highest BCUT2D eigenvalue weighted by molar-refractivity contribution is 7.89. The van der Waals surface area contributed by atoms with Gasteiger partial charge in [-0.3, -0.25) is 4.98 Å². The van der Waals surface area contributed by atoms with Gasteiger partial charge >= 0.3 is 0 Å². The number of sulfonamides is 1. The predicted octanol–water partition coefficient (Wildman–Crippen LogP) is 3.84. The van der Waals surface area contributed by atoms with Crippen LogP contribution in [0.15, 0.2) is 70.4 Å². The Morgan fingerprint density at radius 2 is 1.83 bits per heavy atom. The van der Waals surface area contributed by atoms with Crippen molar-refractivity contribution < 1.29 is 8.42 Å². The Hall–Kier alpha value is -2.02. The van der Waals surface area contributed by atoms with Crippen LogP contribution in [0.3, 0.4) is 0 Å². The molecule has 6 heteroatoms. The molecule has 0 amide bonds. The first-order valence-electron chi connectivity index (χ1n) is 7.53. The lowest BCUT2D eigenvalue weighted by Crippen LogP contribution is -2.30. The van der Waals surface area contributed by atoms with Crippen molar-refractivity contribution in [3.63, 3.8) is 0 Å². The summed E-state index contributed by atoms with van der Waals surface area (Å²) in [6.07, 6.45) is 1.68. The molecule has 0 atom stereocenters. The van der Waals surface area contributed by atoms with Crippen LogP contribution in [0.5, 0.6) is 0 Å². The molecular weight excluding hydrogens is 340 g/mol. The Labute approximate surface area is 146 Å². The van der Waals surface area contributed by atoms with Crippen LogP contribution in [0.2, 0.25) is 0 Å². The molecule has 2 aromatic heterocycles. The number of rotatable bonds is 6. The lowest BCUT2D eigenvalue weighted by Gasteiger charge is -2.21. The lowest BCUT2D eigenvalue weighted by molar-refractivity contribution is 0.397. The zero-order valence-corrected chi connectivity index (χ0v) is 14.9. The number of hydrogen-bond donors (Lipinski definition) is 0. The molecule has 0 spiro atoms. The highest BCUT2D eigenvalue weighted by atomic mass is 32.2. The maximum absolute atomic E-state index is 13.1. The molecule has 0 aliphatic rings. The molecule has 0 aliphatic carbocycles. The van der Waals surface area contributed by atoms with Crippen LogP contribution >= 0.6 is 11.3 Å². The van der Waals surface area contributed by atoms with Crippen molar-refractivity contribution in [2.24, 2.45) is 0 Å². The molecule has 2 heterocycles. The van der Waals surface area contributed by atoms with E-state index in [1.165, 1.54) is 4.31 Å². The summed E-state index contributed by atoms with van der Waals surface area (Å²) in [5, 5.41) is 3.92. The van der Waals surface area contributed by atoms with Gasteiger partial charge in [0.25, 0.3) is 0 Å². The highest BCUT2D eigenvalue weighted by Crippen LogP contribution is 2.22. The van der Waals surface area contributed by atoms with Crippen molar-refractivity contribution in [1.82, 2.24) is 9.29 Å². The first kappa shape index (κ1) is 16.8. The number of thiophene rings is 1. The SMILES string of the molecule is Cc1ccc(S(=O)(=O)N(Cc2ccsc2)Cc2ccccn2)cc1. The summed E-state index contributed by atoms with van der Waals surface area (Å²) in [5.74, 6) is 0. The molecule has 0 saturated carbocycles. The molecule has 0 fully saturated rings. The quantitative estimate of drug-likeness (QED) is 0.673. The number of aryl methyl sites for hydroxylation is 1. The van der Waals surface area contributed by atoms with Crippen LogP contribution in [-0.4, -0.2) is 17.7 Å². The summed E-state index contributed by atoms with van der Waals surface area (Å²) in [7, 11) is -3.59. The summed E-state index contributed by atoms with van der Waals surface area (Å²) in [6, 6.07) is 14.4. The minimum absolute atomic E-state index is 0.243. The standard InChI is InChI=1S/C18H18N2O2S2/c1-15-5-7-18(8-6-15)24(21,22)20(12-16-9-11-23-14-16)13-17-4-2-3-10-19-17/h2-11,14H,12-13H2,1H3. The fourth-order valence-corrected chi connectivity index (χ4v) is 4.40. The van der Waals surface area contributed by atoms with E-state index in [9.17, 15) is 8.42 Å². The van der Waals surface area contributed by atoms with Gasteiger partial charge in [0.1, 0.15) is 0 Å². The van der Waals surface area contributed by atoms with Gasteiger partial charge in [-0.1, -0.05) is 23.8 Å². The van der Waals surface area contributed by atoms with E-state index in [2.05, 4.69) is 4.98 Å². The van der Waals surface area contributed by atoms with Gasteiger partial charge in [-0.25, -0.2) is 8.42 Å². The van der Waals surface area contributed by atoms with Crippen molar-refractivity contribution in [2.45, 2.75) is 24.9 Å². The average Bonchev–Trinajstić information content (AvgIpc) is 3.09. The topological polar surface area (TPSA) is 50.3 Å². The lowest BCUT2D eigenvalue weighted by atomic mass is 10.2. The van der Waals surface area contributed by atoms with E-state index >= 15 is 0 Å². The van der Waals surface area contributed by atoms with Gasteiger partial charge in [0.2, 0.25) is 10.0 Å². The van der Waals surface area contributed by atoms with E-state index in [0.29, 0.717) is 11.4 Å². The van der Waals surface area contributed by atoms with Gasteiger partial charge in [-0.2, -0.15) is 15.6 Å². The molecule has 0 bridgehead atoms. The van der Waals surface area contributed by atoms with Gasteiger partial charge in [0.15, 0.2) is 0 Å². The summed E-state index contributed by atoms with van der Waals surface area (Å²) < 4.78 is 27.6. The zero-order chi connectivity index (χ0) is 17.0. The maximum atomic E-state index is 13.1. The third kappa shape index (κ3) is 3.90. The van der Waals surface area contributed by atoms with Gasteiger partial charge in [0.05, 0.1) is 17.1 Å². The Bertz CT molecular complexity index is 875. The summed E-state index contributed by atoms with van der Waals surface area (Å²) in [6.45, 7) is 2.51. The van der Waals surface area contributed by atoms with E-state index in [0.717, 1.165) is 16.8 Å². The van der Waals surface area contributed by atoms with Gasteiger partial charge in [-0.15, -0.1) is 0 Å². The Balaban J connectivity index is 1.94. The third-order valence-electron chi connectivity index (χ3n) is 3.66. The van der Waals surface area contributed by atoms with E-state index in [-0.39, 0.29) is 6.54 Å². The van der Waals surface area contributed by atoms with Gasteiger partial charge in [0, 0.05) is 12.7 Å². The van der Waals surface area contributed by atoms with Crippen molar-refractivity contribution in [2.75, 3.05) is 0 Å². The first-order valence-corrected chi connectivity index (χ1v) is 9.92. The van der Waals surface area contributed by atoms with Crippen LogP contribution < -0.4 is 0 Å². The molecule has 3 rings (SSSR count). The Kier molecular flexibility index (Phi) is 5.08. The van der Waals surface area contributed by atoms with Crippen LogP contribution in [0.1, 0.15) is 16.8 Å². The summed E-state index contributed by atoms with van der Waals surface area (Å²) >= 11 is 1.56. The number of benzene rings is 1. The smallest absolute Gasteiger partial charge is 0.243 e. The molecule has 0 unspecified atom stereocenters. The number of hydrogen-bond acceptors (Lipinski definition) is 4. The molecule has 1 aromatic carbocycles. The molecule has 3 aromatic rings. The second-order valence-corrected chi connectivity index (χ2v) is 8.26. The molecule has 0 aliphatic heterocycles. The molecule has 0 radical (unpaired) electrons. The number of nitrogens with zero attached hydrogens (tertiary/aromatic N) is 2. The van der Waals surface area contributed by atoms with Crippen molar-refractivity contribution in [3.8, 4) is 0 Å². The van der Waals surface area contributed by atoms with Crippen molar-refractivity contribution in [1.29, 1.82) is 0 Å². The van der Waals surface area contributed by atoms with E-state index in [1.54, 1.807) is 29.7 Å². The van der Waals surface area contributed by atoms with Crippen molar-refractivity contribution in [3.05, 3.63) is 82.3 Å². The first-order chi connectivity index (χ1) is 11.6. The van der Waals surface area contributed by atoms with Crippen LogP contribution in [0, 0.1) is 6.92 Å². The fourth-order valence-electron chi connectivity index (χ4n) is 2.34.